The van der Waals surface area contributed by atoms with Gasteiger partial charge >= 0.3 is 18.3 Å². The molecule has 13 nitrogen and oxygen atoms in total. The molecular formula is C28H37FN4O9. The van der Waals surface area contributed by atoms with E-state index in [0.717, 1.165) is 12.1 Å². The van der Waals surface area contributed by atoms with Crippen molar-refractivity contribution >= 4 is 29.8 Å². The second kappa shape index (κ2) is 13.0. The molecule has 1 aromatic carbocycles. The first-order chi connectivity index (χ1) is 19.2. The molecule has 3 amide bonds. The van der Waals surface area contributed by atoms with E-state index in [1.165, 1.54) is 12.3 Å². The number of nitro groups is 1. The fraction of sp³-hybridized carbons (Fsp3) is 0.500. The Bertz CT molecular complexity index is 1300. The number of anilines is 1. The van der Waals surface area contributed by atoms with Crippen LogP contribution in [-0.4, -0.2) is 51.5 Å². The fourth-order valence-corrected chi connectivity index (χ4v) is 3.24. The Morgan fingerprint density at radius 1 is 0.952 bits per heavy atom. The maximum atomic E-state index is 14.7. The van der Waals surface area contributed by atoms with Gasteiger partial charge in [-0.1, -0.05) is 0 Å². The van der Waals surface area contributed by atoms with Gasteiger partial charge in [-0.25, -0.2) is 23.8 Å². The maximum absolute atomic E-state index is 14.7. The van der Waals surface area contributed by atoms with Crippen LogP contribution in [0, 0.1) is 15.9 Å². The number of rotatable bonds is 7. The predicted octanol–water partition coefficient (Wildman–Crippen LogP) is 6.67. The molecule has 0 saturated heterocycles. The monoisotopic (exact) mass is 592 g/mol. The minimum absolute atomic E-state index is 0.0514. The zero-order valence-corrected chi connectivity index (χ0v) is 25.2. The molecule has 0 atom stereocenters. The van der Waals surface area contributed by atoms with Gasteiger partial charge in [-0.2, -0.15) is 4.90 Å². The lowest BCUT2D eigenvalue weighted by Gasteiger charge is -2.29. The minimum atomic E-state index is -1.12. The number of ether oxygens (including phenoxy) is 4. The number of alkyl carbamates (subject to hydrolysis) is 1. The molecule has 0 spiro atoms. The minimum Gasteiger partial charge on any atom is -0.454 e. The van der Waals surface area contributed by atoms with Crippen molar-refractivity contribution in [2.45, 2.75) is 85.5 Å². The van der Waals surface area contributed by atoms with Crippen LogP contribution in [0.5, 0.6) is 11.5 Å². The summed E-state index contributed by atoms with van der Waals surface area (Å²) in [5.74, 6) is -1.78. The van der Waals surface area contributed by atoms with Crippen molar-refractivity contribution < 1.29 is 42.6 Å². The quantitative estimate of drug-likeness (QED) is 0.209. The first-order valence-electron chi connectivity index (χ1n) is 13.0. The molecule has 1 heterocycles. The van der Waals surface area contributed by atoms with E-state index in [1.54, 1.807) is 62.3 Å². The highest BCUT2D eigenvalue weighted by molar-refractivity contribution is 6.09. The zero-order valence-electron chi connectivity index (χ0n) is 25.2. The number of nitro benzene ring substituents is 1. The number of carbonyl (C=O) groups excluding carboxylic acids is 3. The highest BCUT2D eigenvalue weighted by Gasteiger charge is 2.36. The number of pyridine rings is 1. The smallest absolute Gasteiger partial charge is 0.425 e. The molecule has 0 bridgehead atoms. The first kappa shape index (κ1) is 33.7. The lowest BCUT2D eigenvalue weighted by atomic mass is 10.1. The first-order valence-corrected chi connectivity index (χ1v) is 13.0. The van der Waals surface area contributed by atoms with Crippen LogP contribution < -0.4 is 15.0 Å². The Morgan fingerprint density at radius 3 is 2.00 bits per heavy atom. The van der Waals surface area contributed by atoms with E-state index in [0.29, 0.717) is 11.0 Å². The number of imide groups is 1. The van der Waals surface area contributed by atoms with Crippen molar-refractivity contribution in [3.05, 3.63) is 52.0 Å². The topological polar surface area (TPSA) is 159 Å². The molecule has 42 heavy (non-hydrogen) atoms. The molecule has 2 rings (SSSR count). The van der Waals surface area contributed by atoms with Crippen LogP contribution in [0.1, 0.15) is 67.9 Å². The van der Waals surface area contributed by atoms with Gasteiger partial charge in [0.25, 0.3) is 5.69 Å². The van der Waals surface area contributed by atoms with E-state index in [4.69, 9.17) is 18.9 Å². The Balaban J connectivity index is 2.63. The summed E-state index contributed by atoms with van der Waals surface area (Å²) in [6, 6.07) is 4.12. The van der Waals surface area contributed by atoms with E-state index in [9.17, 15) is 28.9 Å². The number of carbonyl (C=O) groups is 3. The molecule has 1 aromatic heterocycles. The number of nitrogens with zero attached hydrogens (tertiary/aromatic N) is 3. The van der Waals surface area contributed by atoms with Crippen molar-refractivity contribution in [1.82, 2.24) is 10.3 Å². The van der Waals surface area contributed by atoms with E-state index >= 15 is 0 Å². The summed E-state index contributed by atoms with van der Waals surface area (Å²) < 4.78 is 36.6. The molecular weight excluding hydrogens is 555 g/mol. The lowest BCUT2D eigenvalue weighted by molar-refractivity contribution is -0.385. The molecule has 0 saturated carbocycles. The molecule has 2 aromatic rings. The second-order valence-corrected chi connectivity index (χ2v) is 12.1. The second-order valence-electron chi connectivity index (χ2n) is 12.1. The summed E-state index contributed by atoms with van der Waals surface area (Å²) in [7, 11) is 0. The fourth-order valence-electron chi connectivity index (χ4n) is 3.24. The lowest BCUT2D eigenvalue weighted by Crippen LogP contribution is -2.44. The number of amides is 3. The van der Waals surface area contributed by atoms with Crippen LogP contribution in [0.3, 0.4) is 0 Å². The molecule has 0 fully saturated rings. The molecule has 0 radical (unpaired) electrons. The van der Waals surface area contributed by atoms with Crippen molar-refractivity contribution in [2.75, 3.05) is 11.5 Å². The van der Waals surface area contributed by atoms with Crippen LogP contribution in [0.2, 0.25) is 0 Å². The van der Waals surface area contributed by atoms with Gasteiger partial charge in [0.2, 0.25) is 0 Å². The Morgan fingerprint density at radius 2 is 1.52 bits per heavy atom. The summed E-state index contributed by atoms with van der Waals surface area (Å²) >= 11 is 0. The molecule has 0 aliphatic heterocycles. The van der Waals surface area contributed by atoms with E-state index in [-0.39, 0.29) is 35.9 Å². The van der Waals surface area contributed by atoms with Gasteiger partial charge in [-0.05, 0) is 74.4 Å². The number of hydrogen-bond acceptors (Lipinski definition) is 10. The Labute approximate surface area is 243 Å². The molecule has 14 heteroatoms. The van der Waals surface area contributed by atoms with Gasteiger partial charge in [0, 0.05) is 29.8 Å². The van der Waals surface area contributed by atoms with Crippen LogP contribution in [0.15, 0.2) is 30.5 Å². The average molecular weight is 593 g/mol. The van der Waals surface area contributed by atoms with E-state index in [2.05, 4.69) is 10.3 Å². The largest absolute Gasteiger partial charge is 0.454 e. The summed E-state index contributed by atoms with van der Waals surface area (Å²) in [6.45, 7) is 14.6. The number of nitrogens with one attached hydrogen (secondary N) is 1. The van der Waals surface area contributed by atoms with Crippen LogP contribution in [-0.2, 0) is 20.6 Å². The van der Waals surface area contributed by atoms with E-state index < -0.39 is 51.4 Å². The third-order valence-corrected chi connectivity index (χ3v) is 4.76. The Kier molecular flexibility index (Phi) is 10.4. The summed E-state index contributed by atoms with van der Waals surface area (Å²) in [5, 5.41) is 13.7. The van der Waals surface area contributed by atoms with Gasteiger partial charge in [0.05, 0.1) is 17.6 Å². The van der Waals surface area contributed by atoms with Crippen molar-refractivity contribution in [3.8, 4) is 11.5 Å². The van der Waals surface area contributed by atoms with Crippen molar-refractivity contribution in [1.29, 1.82) is 0 Å². The number of halogens is 1. The van der Waals surface area contributed by atoms with Gasteiger partial charge < -0.3 is 24.3 Å². The highest BCUT2D eigenvalue weighted by Crippen LogP contribution is 2.35. The van der Waals surface area contributed by atoms with Crippen LogP contribution >= 0.6 is 0 Å². The molecule has 0 aliphatic carbocycles. The van der Waals surface area contributed by atoms with Crippen molar-refractivity contribution in [2.24, 2.45) is 0 Å². The third kappa shape index (κ3) is 10.5. The summed E-state index contributed by atoms with van der Waals surface area (Å²) in [6.07, 6.45) is -1.92. The van der Waals surface area contributed by atoms with Gasteiger partial charge in [-0.3, -0.25) is 10.1 Å². The van der Waals surface area contributed by atoms with Gasteiger partial charge in [0.15, 0.2) is 17.4 Å². The highest BCUT2D eigenvalue weighted by atomic mass is 19.1. The standard InChI is InChI=1S/C28H37FN4O9/c1-26(2,3)31-23(34)39-15-13-18-20(40-21-11-10-17(33(37)38)16-19(21)29)12-14-30-22(18)32(24(35)41-27(4,5)6)25(36)42-28(7,8)9/h10-12,14,16H,13,15H2,1-9H3,(H,31,34). The third-order valence-electron chi connectivity index (χ3n) is 4.76. The predicted molar refractivity (Wildman–Crippen MR) is 150 cm³/mol. The van der Waals surface area contributed by atoms with Crippen LogP contribution in [0.4, 0.5) is 30.3 Å². The maximum Gasteiger partial charge on any atom is 0.425 e. The average Bonchev–Trinajstić information content (AvgIpc) is 2.78. The number of aromatic nitrogens is 1. The molecule has 0 aliphatic rings. The molecule has 1 N–H and O–H groups in total. The molecule has 230 valence electrons. The summed E-state index contributed by atoms with van der Waals surface area (Å²) in [5.41, 5.74) is -3.04. The van der Waals surface area contributed by atoms with E-state index in [1.807, 2.05) is 0 Å². The zero-order chi connectivity index (χ0) is 32.0. The van der Waals surface area contributed by atoms with Gasteiger partial charge in [0.1, 0.15) is 17.0 Å². The Hall–Kier alpha value is -4.49. The molecule has 0 unspecified atom stereocenters. The summed E-state index contributed by atoms with van der Waals surface area (Å²) in [4.78, 5) is 53.9. The normalized spacial score (nSPS) is 11.8. The van der Waals surface area contributed by atoms with Crippen LogP contribution in [0.25, 0.3) is 0 Å². The SMILES string of the molecule is CC(C)(C)NC(=O)OCCc1c(Oc2ccc([N+](=O)[O-])cc2F)ccnc1N(C(=O)OC(C)(C)C)C(=O)OC(C)(C)C. The number of non-ortho nitro benzene ring substituents is 1. The number of benzene rings is 1. The van der Waals surface area contributed by atoms with Crippen molar-refractivity contribution in [3.63, 3.8) is 0 Å². The van der Waals surface area contributed by atoms with Gasteiger partial charge in [-0.15, -0.1) is 0 Å². The number of hydrogen-bond donors (Lipinski definition) is 1.